The number of carbonyl (C=O) groups is 1. The number of carbonyl (C=O) groups excluding carboxylic acids is 1. The molecule has 0 bridgehead atoms. The molecule has 2 heterocycles. The Morgan fingerprint density at radius 2 is 1.91 bits per heavy atom. The molecule has 1 N–H and O–H groups in total. The minimum atomic E-state index is 0.00840. The number of nitrogens with one attached hydrogen (secondary N) is 1. The molecule has 0 unspecified atom stereocenters. The minimum absolute atomic E-state index is 0.00840. The Hall–Kier alpha value is -1.49. The van der Waals surface area contributed by atoms with Crippen LogP contribution in [0.4, 0.5) is 0 Å². The van der Waals surface area contributed by atoms with Crippen LogP contribution >= 0.6 is 11.3 Å². The van der Waals surface area contributed by atoms with E-state index in [-0.39, 0.29) is 11.9 Å². The average Bonchev–Trinajstić information content (AvgIpc) is 3.23. The normalized spacial score (nSPS) is 16.3. The van der Waals surface area contributed by atoms with Crippen molar-refractivity contribution >= 4 is 27.5 Å². The minimum Gasteiger partial charge on any atom is -0.349 e. The maximum Gasteiger partial charge on any atom is 0.261 e. The van der Waals surface area contributed by atoms with E-state index in [0.29, 0.717) is 11.8 Å². The standard InChI is InChI=1S/C17H23N3OS/c1-8(2)10(4)19-16(21)14-9(3)13-11(5)18-15(12-6-7-12)20-17(13)22-14/h8,10,12H,6-7H2,1-5H3,(H,19,21)/t10-/m1/s1. The molecule has 1 aliphatic rings. The van der Waals surface area contributed by atoms with Crippen LogP contribution in [0.5, 0.6) is 0 Å². The number of amides is 1. The first-order valence-corrected chi connectivity index (χ1v) is 8.78. The molecule has 0 aliphatic heterocycles. The summed E-state index contributed by atoms with van der Waals surface area (Å²) in [5.41, 5.74) is 2.00. The van der Waals surface area contributed by atoms with Gasteiger partial charge in [-0.2, -0.15) is 0 Å². The summed E-state index contributed by atoms with van der Waals surface area (Å²) in [6.07, 6.45) is 2.38. The Balaban J connectivity index is 1.98. The first kappa shape index (κ1) is 15.4. The van der Waals surface area contributed by atoms with Crippen molar-refractivity contribution in [2.45, 2.75) is 59.4 Å². The van der Waals surface area contributed by atoms with Crippen LogP contribution < -0.4 is 5.32 Å². The lowest BCUT2D eigenvalue weighted by Crippen LogP contribution is -2.35. The third-order valence-electron chi connectivity index (χ3n) is 4.50. The Kier molecular flexibility index (Phi) is 3.93. The van der Waals surface area contributed by atoms with Crippen LogP contribution in [0.3, 0.4) is 0 Å². The molecule has 2 aromatic rings. The summed E-state index contributed by atoms with van der Waals surface area (Å²) in [7, 11) is 0. The summed E-state index contributed by atoms with van der Waals surface area (Å²) in [6.45, 7) is 10.3. The zero-order valence-electron chi connectivity index (χ0n) is 13.9. The van der Waals surface area contributed by atoms with Gasteiger partial charge >= 0.3 is 0 Å². The van der Waals surface area contributed by atoms with Crippen LogP contribution in [0.25, 0.3) is 10.2 Å². The molecule has 0 spiro atoms. The predicted octanol–water partition coefficient (Wildman–Crippen LogP) is 3.96. The van der Waals surface area contributed by atoms with Crippen LogP contribution in [0.15, 0.2) is 0 Å². The molecule has 22 heavy (non-hydrogen) atoms. The number of fused-ring (bicyclic) bond motifs is 1. The van der Waals surface area contributed by atoms with Gasteiger partial charge in [-0.25, -0.2) is 9.97 Å². The molecule has 0 saturated heterocycles. The van der Waals surface area contributed by atoms with Gasteiger partial charge in [0, 0.05) is 17.3 Å². The predicted molar refractivity (Wildman–Crippen MR) is 90.6 cm³/mol. The van der Waals surface area contributed by atoms with E-state index in [1.165, 1.54) is 24.2 Å². The van der Waals surface area contributed by atoms with E-state index >= 15 is 0 Å². The second kappa shape index (κ2) is 5.61. The van der Waals surface area contributed by atoms with Gasteiger partial charge in [-0.15, -0.1) is 11.3 Å². The highest BCUT2D eigenvalue weighted by Gasteiger charge is 2.28. The van der Waals surface area contributed by atoms with E-state index < -0.39 is 0 Å². The van der Waals surface area contributed by atoms with Crippen molar-refractivity contribution in [2.24, 2.45) is 5.92 Å². The molecule has 2 aromatic heterocycles. The van der Waals surface area contributed by atoms with Gasteiger partial charge in [-0.1, -0.05) is 13.8 Å². The smallest absolute Gasteiger partial charge is 0.261 e. The molecule has 1 saturated carbocycles. The van der Waals surface area contributed by atoms with Crippen LogP contribution in [0.1, 0.15) is 66.3 Å². The molecule has 0 radical (unpaired) electrons. The summed E-state index contributed by atoms with van der Waals surface area (Å²) in [6, 6.07) is 0.159. The van der Waals surface area contributed by atoms with Gasteiger partial charge in [0.05, 0.1) is 10.6 Å². The number of aryl methyl sites for hydroxylation is 2. The monoisotopic (exact) mass is 317 g/mol. The third-order valence-corrected chi connectivity index (χ3v) is 5.68. The summed E-state index contributed by atoms with van der Waals surface area (Å²) >= 11 is 1.50. The van der Waals surface area contributed by atoms with Gasteiger partial charge in [0.15, 0.2) is 0 Å². The largest absolute Gasteiger partial charge is 0.349 e. The van der Waals surface area contributed by atoms with Crippen LogP contribution in [0, 0.1) is 19.8 Å². The molecule has 1 aliphatic carbocycles. The topological polar surface area (TPSA) is 54.9 Å². The Morgan fingerprint density at radius 1 is 1.23 bits per heavy atom. The fourth-order valence-corrected chi connectivity index (χ4v) is 3.68. The number of rotatable bonds is 4. The van der Waals surface area contributed by atoms with Crippen LogP contribution in [0.2, 0.25) is 0 Å². The highest BCUT2D eigenvalue weighted by atomic mass is 32.1. The van der Waals surface area contributed by atoms with Crippen LogP contribution in [-0.2, 0) is 0 Å². The number of aromatic nitrogens is 2. The maximum atomic E-state index is 12.5. The lowest BCUT2D eigenvalue weighted by Gasteiger charge is -2.17. The van der Waals surface area contributed by atoms with E-state index in [1.807, 2.05) is 20.8 Å². The summed E-state index contributed by atoms with van der Waals surface area (Å²) in [5, 5.41) is 4.14. The quantitative estimate of drug-likeness (QED) is 0.928. The number of thiophene rings is 1. The van der Waals surface area contributed by atoms with E-state index in [2.05, 4.69) is 24.1 Å². The van der Waals surface area contributed by atoms with Crippen molar-refractivity contribution in [1.82, 2.24) is 15.3 Å². The van der Waals surface area contributed by atoms with Crippen molar-refractivity contribution in [3.05, 3.63) is 22.0 Å². The second-order valence-electron chi connectivity index (χ2n) is 6.68. The number of hydrogen-bond acceptors (Lipinski definition) is 4. The Labute approximate surface area is 135 Å². The van der Waals surface area contributed by atoms with Crippen molar-refractivity contribution in [3.8, 4) is 0 Å². The highest BCUT2D eigenvalue weighted by molar-refractivity contribution is 7.20. The molecular formula is C17H23N3OS. The Bertz CT molecular complexity index is 731. The molecule has 1 fully saturated rings. The van der Waals surface area contributed by atoms with Crippen molar-refractivity contribution in [3.63, 3.8) is 0 Å². The van der Waals surface area contributed by atoms with Gasteiger partial charge in [0.25, 0.3) is 5.91 Å². The maximum absolute atomic E-state index is 12.5. The van der Waals surface area contributed by atoms with E-state index in [9.17, 15) is 4.79 Å². The Morgan fingerprint density at radius 3 is 2.50 bits per heavy atom. The van der Waals surface area contributed by atoms with Gasteiger partial charge < -0.3 is 5.32 Å². The van der Waals surface area contributed by atoms with Gasteiger partial charge in [-0.3, -0.25) is 4.79 Å². The van der Waals surface area contributed by atoms with E-state index in [1.54, 1.807) is 0 Å². The second-order valence-corrected chi connectivity index (χ2v) is 7.68. The van der Waals surface area contributed by atoms with E-state index in [0.717, 1.165) is 32.2 Å². The zero-order chi connectivity index (χ0) is 16.0. The molecule has 0 aromatic carbocycles. The zero-order valence-corrected chi connectivity index (χ0v) is 14.7. The van der Waals surface area contributed by atoms with Crippen molar-refractivity contribution in [1.29, 1.82) is 0 Å². The molecule has 4 nitrogen and oxygen atoms in total. The molecule has 5 heteroatoms. The molecule has 1 atom stereocenters. The highest BCUT2D eigenvalue weighted by Crippen LogP contribution is 2.40. The summed E-state index contributed by atoms with van der Waals surface area (Å²) in [4.78, 5) is 23.6. The first-order valence-electron chi connectivity index (χ1n) is 7.97. The fraction of sp³-hybridized carbons (Fsp3) is 0.588. The fourth-order valence-electron chi connectivity index (χ4n) is 2.54. The average molecular weight is 317 g/mol. The number of nitrogens with zero attached hydrogens (tertiary/aromatic N) is 2. The van der Waals surface area contributed by atoms with Gasteiger partial charge in [0.1, 0.15) is 10.7 Å². The van der Waals surface area contributed by atoms with Gasteiger partial charge in [0.2, 0.25) is 0 Å². The third kappa shape index (κ3) is 2.74. The lowest BCUT2D eigenvalue weighted by atomic mass is 10.1. The number of hydrogen-bond donors (Lipinski definition) is 1. The SMILES string of the molecule is Cc1nc(C2CC2)nc2sc(C(=O)N[C@H](C)C(C)C)c(C)c12. The van der Waals surface area contributed by atoms with Crippen molar-refractivity contribution in [2.75, 3.05) is 0 Å². The van der Waals surface area contributed by atoms with E-state index in [4.69, 9.17) is 4.98 Å². The van der Waals surface area contributed by atoms with Gasteiger partial charge in [-0.05, 0) is 45.1 Å². The first-order chi connectivity index (χ1) is 10.4. The molecule has 118 valence electrons. The molecule has 3 rings (SSSR count). The summed E-state index contributed by atoms with van der Waals surface area (Å²) < 4.78 is 0. The molecule has 1 amide bonds. The van der Waals surface area contributed by atoms with Crippen LogP contribution in [-0.4, -0.2) is 21.9 Å². The lowest BCUT2D eigenvalue weighted by molar-refractivity contribution is 0.0934. The van der Waals surface area contributed by atoms with Crippen molar-refractivity contribution < 1.29 is 4.79 Å². The summed E-state index contributed by atoms with van der Waals surface area (Å²) in [5.74, 6) is 1.91. The molecular weight excluding hydrogens is 294 g/mol.